The van der Waals surface area contributed by atoms with Crippen LogP contribution in [0.1, 0.15) is 5.56 Å². The maximum absolute atomic E-state index is 13.0. The van der Waals surface area contributed by atoms with Gasteiger partial charge in [-0.25, -0.2) is 13.4 Å². The predicted octanol–water partition coefficient (Wildman–Crippen LogP) is 7.04. The van der Waals surface area contributed by atoms with Gasteiger partial charge in [0, 0.05) is 15.7 Å². The van der Waals surface area contributed by atoms with Crippen molar-refractivity contribution in [2.24, 2.45) is 0 Å². The Bertz CT molecular complexity index is 1410. The molecule has 158 valence electrons. The fourth-order valence-corrected chi connectivity index (χ4v) is 4.65. The smallest absolute Gasteiger partial charge is 0.204 e. The van der Waals surface area contributed by atoms with Crippen molar-refractivity contribution in [3.63, 3.8) is 0 Å². The number of halogens is 3. The number of hydrogen-bond donors (Lipinski definition) is 1. The Hall–Kier alpha value is -2.58. The predicted molar refractivity (Wildman–Crippen MR) is 126 cm³/mol. The molecular weight excluding hydrogens is 479 g/mol. The zero-order valence-electron chi connectivity index (χ0n) is 16.0. The number of nitrogens with zero attached hydrogens (tertiary/aromatic N) is 3. The van der Waals surface area contributed by atoms with Crippen LogP contribution in [0.4, 0.5) is 17.3 Å². The molecule has 10 heteroatoms. The second kappa shape index (κ2) is 8.51. The van der Waals surface area contributed by atoms with Crippen LogP contribution < -0.4 is 5.32 Å². The maximum Gasteiger partial charge on any atom is 0.204 e. The lowest BCUT2D eigenvalue weighted by molar-refractivity contribution is 0.603. The van der Waals surface area contributed by atoms with Gasteiger partial charge < -0.3 is 15.0 Å². The lowest BCUT2D eigenvalue weighted by Gasteiger charge is -2.21. The molecule has 0 aliphatic heterocycles. The number of rotatable bonds is 5. The highest BCUT2D eigenvalue weighted by molar-refractivity contribution is 7.94. The highest BCUT2D eigenvalue weighted by Crippen LogP contribution is 2.37. The summed E-state index contributed by atoms with van der Waals surface area (Å²) >= 11 is 18.2. The second-order valence-electron chi connectivity index (χ2n) is 6.61. The van der Waals surface area contributed by atoms with E-state index in [-0.39, 0.29) is 26.6 Å². The number of hydrogen-bond acceptors (Lipinski definition) is 5. The van der Waals surface area contributed by atoms with Crippen LogP contribution in [0.3, 0.4) is 0 Å². The van der Waals surface area contributed by atoms with Gasteiger partial charge in [-0.1, -0.05) is 59.1 Å². The zero-order chi connectivity index (χ0) is 22.2. The molecule has 4 aromatic rings. The van der Waals surface area contributed by atoms with Crippen LogP contribution in [-0.4, -0.2) is 18.4 Å². The quantitative estimate of drug-likeness (QED) is 0.323. The molecule has 0 radical (unpaired) electrons. The molecule has 0 atom stereocenters. The van der Waals surface area contributed by atoms with Crippen LogP contribution in [0.25, 0.3) is 15.8 Å². The zero-order valence-corrected chi connectivity index (χ0v) is 19.1. The van der Waals surface area contributed by atoms with Gasteiger partial charge in [-0.15, -0.1) is 0 Å². The Labute approximate surface area is 194 Å². The number of sulfonamides is 1. The average Bonchev–Trinajstić information content (AvgIpc) is 2.72. The normalized spacial score (nSPS) is 11.5. The molecule has 0 unspecified atom stereocenters. The first-order chi connectivity index (χ1) is 14.7. The maximum atomic E-state index is 13.0. The van der Waals surface area contributed by atoms with E-state index in [9.17, 15) is 8.42 Å². The van der Waals surface area contributed by atoms with E-state index >= 15 is 0 Å². The standard InChI is InChI=1S/C21H14Cl3N4O2S/c1-12-6-8-14(11-16(12)24)25-20-21(27-18-5-3-2-4-17(18)26-20)28-31(29,30)19-10-13(22)7-9-15(19)23/h2-11H,1H3,(H-,25,26,27,28)/q-1. The van der Waals surface area contributed by atoms with E-state index in [1.54, 1.807) is 30.3 Å². The molecule has 0 saturated carbocycles. The SMILES string of the molecule is Cc1ccc(Nc2nc3ccccc3nc2[N-]S(=O)(=O)c2cc(Cl)ccc2Cl)cc1Cl. The number of nitrogens with one attached hydrogen (secondary N) is 1. The van der Waals surface area contributed by atoms with Crippen molar-refractivity contribution < 1.29 is 8.42 Å². The highest BCUT2D eigenvalue weighted by Gasteiger charge is 2.17. The van der Waals surface area contributed by atoms with Crippen molar-refractivity contribution in [3.05, 3.63) is 86.0 Å². The number of benzene rings is 3. The summed E-state index contributed by atoms with van der Waals surface area (Å²) in [5, 5.41) is 3.83. The minimum Gasteiger partial charge on any atom is -0.431 e. The first-order valence-electron chi connectivity index (χ1n) is 8.96. The van der Waals surface area contributed by atoms with Gasteiger partial charge in [0.05, 0.1) is 15.4 Å². The average molecular weight is 493 g/mol. The third kappa shape index (κ3) is 4.70. The molecule has 31 heavy (non-hydrogen) atoms. The fraction of sp³-hybridized carbons (Fsp3) is 0.0476. The first kappa shape index (κ1) is 21.6. The topological polar surface area (TPSA) is 86.1 Å². The lowest BCUT2D eigenvalue weighted by Crippen LogP contribution is -2.03. The molecular formula is C21H14Cl3N4O2S-. The molecule has 0 fully saturated rings. The molecule has 0 spiro atoms. The Kier molecular flexibility index (Phi) is 5.94. The van der Waals surface area contributed by atoms with Gasteiger partial charge in [0.1, 0.15) is 5.82 Å². The Morgan fingerprint density at radius 1 is 0.871 bits per heavy atom. The van der Waals surface area contributed by atoms with Crippen LogP contribution in [0.15, 0.2) is 65.6 Å². The van der Waals surface area contributed by atoms with Crippen molar-refractivity contribution in [2.75, 3.05) is 5.32 Å². The molecule has 0 bridgehead atoms. The largest absolute Gasteiger partial charge is 0.431 e. The summed E-state index contributed by atoms with van der Waals surface area (Å²) in [6.07, 6.45) is 0. The van der Waals surface area contributed by atoms with Crippen LogP contribution in [-0.2, 0) is 10.0 Å². The van der Waals surface area contributed by atoms with E-state index in [1.165, 1.54) is 18.2 Å². The van der Waals surface area contributed by atoms with Gasteiger partial charge in [-0.3, -0.25) is 0 Å². The first-order valence-corrected chi connectivity index (χ1v) is 11.5. The van der Waals surface area contributed by atoms with Crippen LogP contribution >= 0.6 is 34.8 Å². The molecule has 0 saturated heterocycles. The Morgan fingerprint density at radius 2 is 1.58 bits per heavy atom. The monoisotopic (exact) mass is 491 g/mol. The van der Waals surface area contributed by atoms with Crippen LogP contribution in [0.5, 0.6) is 0 Å². The summed E-state index contributed by atoms with van der Waals surface area (Å²) in [6, 6.07) is 16.5. The molecule has 6 nitrogen and oxygen atoms in total. The van der Waals surface area contributed by atoms with E-state index in [0.717, 1.165) is 5.56 Å². The minimum absolute atomic E-state index is 0.00160. The van der Waals surface area contributed by atoms with Gasteiger partial charge in [-0.2, -0.15) is 0 Å². The number of para-hydroxylation sites is 2. The number of anilines is 2. The molecule has 3 aromatic carbocycles. The Morgan fingerprint density at radius 3 is 2.29 bits per heavy atom. The van der Waals surface area contributed by atoms with Gasteiger partial charge in [0.25, 0.3) is 0 Å². The third-order valence-electron chi connectivity index (χ3n) is 4.36. The minimum atomic E-state index is -4.22. The lowest BCUT2D eigenvalue weighted by atomic mass is 10.2. The second-order valence-corrected chi connectivity index (χ2v) is 9.44. The summed E-state index contributed by atoms with van der Waals surface area (Å²) in [4.78, 5) is 8.68. The van der Waals surface area contributed by atoms with Crippen molar-refractivity contribution in [1.29, 1.82) is 0 Å². The fourth-order valence-electron chi connectivity index (χ4n) is 2.78. The van der Waals surface area contributed by atoms with Gasteiger partial charge >= 0.3 is 0 Å². The van der Waals surface area contributed by atoms with Crippen molar-refractivity contribution >= 4 is 73.2 Å². The Balaban J connectivity index is 1.81. The van der Waals surface area contributed by atoms with Gasteiger partial charge in [-0.05, 0) is 60.2 Å². The van der Waals surface area contributed by atoms with Gasteiger partial charge in [0.15, 0.2) is 0 Å². The third-order valence-corrected chi connectivity index (χ3v) is 6.76. The molecule has 0 amide bonds. The van der Waals surface area contributed by atoms with E-state index in [1.807, 2.05) is 19.1 Å². The summed E-state index contributed by atoms with van der Waals surface area (Å²) in [7, 11) is -4.22. The summed E-state index contributed by atoms with van der Waals surface area (Å²) in [6.45, 7) is 1.88. The number of aryl methyl sites for hydroxylation is 1. The number of fused-ring (bicyclic) bond motifs is 1. The number of aromatic nitrogens is 2. The molecule has 0 aliphatic carbocycles. The van der Waals surface area contributed by atoms with Crippen LogP contribution in [0.2, 0.25) is 15.1 Å². The van der Waals surface area contributed by atoms with Crippen molar-refractivity contribution in [1.82, 2.24) is 9.97 Å². The molecule has 1 N–H and O–H groups in total. The van der Waals surface area contributed by atoms with Gasteiger partial charge in [0.2, 0.25) is 10.0 Å². The van der Waals surface area contributed by atoms with Crippen molar-refractivity contribution in [3.8, 4) is 0 Å². The molecule has 1 aromatic heterocycles. The van der Waals surface area contributed by atoms with E-state index in [0.29, 0.717) is 21.7 Å². The molecule has 1 heterocycles. The molecule has 0 aliphatic rings. The summed E-state index contributed by atoms with van der Waals surface area (Å²) < 4.78 is 29.9. The van der Waals surface area contributed by atoms with Crippen LogP contribution in [0, 0.1) is 6.92 Å². The van der Waals surface area contributed by atoms with E-state index in [2.05, 4.69) is 20.0 Å². The van der Waals surface area contributed by atoms with E-state index < -0.39 is 10.0 Å². The molecule has 4 rings (SSSR count). The summed E-state index contributed by atoms with van der Waals surface area (Å²) in [5.74, 6) is 0.0341. The van der Waals surface area contributed by atoms with E-state index in [4.69, 9.17) is 34.8 Å². The summed E-state index contributed by atoms with van der Waals surface area (Å²) in [5.41, 5.74) is 2.57. The highest BCUT2D eigenvalue weighted by atomic mass is 35.5. The van der Waals surface area contributed by atoms with Crippen molar-refractivity contribution in [2.45, 2.75) is 11.8 Å².